The SMILES string of the molecule is CN=C(N)NCCC[C@@H](CC(=O)[C@H](CC(C)C)NC(=O)NCC(=O)[C@H](Cc1ccccc1)NC(=O)[C@@H](CC(=O)[C@H](CC(N)=O)NC(=O)CCC(=O)[C@@H](Cc1ccc(O)cc1)NC(C)=O)[C@@H](C)O)C(=O)N[C@@H](Cc1c[nH]c2ccccc12)C(N)=O. The van der Waals surface area contributed by atoms with Crippen LogP contribution < -0.4 is 54.4 Å². The molecule has 16 N–H and O–H groups in total. The zero-order valence-electron chi connectivity index (χ0n) is 48.0. The van der Waals surface area contributed by atoms with Crippen molar-refractivity contribution in [3.05, 3.63) is 102 Å². The maximum Gasteiger partial charge on any atom is 0.315 e. The molecule has 1 aromatic heterocycles. The van der Waals surface area contributed by atoms with Gasteiger partial charge in [0.25, 0.3) is 0 Å². The number of phenols is 1. The van der Waals surface area contributed by atoms with Crippen molar-refractivity contribution < 1.29 is 63.0 Å². The Morgan fingerprint density at radius 2 is 1.24 bits per heavy atom. The second-order valence-electron chi connectivity index (χ2n) is 21.2. The second kappa shape index (κ2) is 33.8. The van der Waals surface area contributed by atoms with Gasteiger partial charge in [-0.2, -0.15) is 0 Å². The molecular formula is C59H80N12O13. The average Bonchev–Trinajstić information content (AvgIpc) is 4.12. The first-order valence-corrected chi connectivity index (χ1v) is 27.7. The Balaban J connectivity index is 1.45. The molecule has 0 fully saturated rings. The van der Waals surface area contributed by atoms with Crippen molar-refractivity contribution in [2.75, 3.05) is 20.1 Å². The molecule has 0 aliphatic carbocycles. The first-order chi connectivity index (χ1) is 39.8. The molecule has 454 valence electrons. The number of nitrogens with two attached hydrogens (primary N) is 3. The number of rotatable bonds is 36. The second-order valence-corrected chi connectivity index (χ2v) is 21.2. The lowest BCUT2D eigenvalue weighted by molar-refractivity contribution is -0.137. The lowest BCUT2D eigenvalue weighted by atomic mass is 9.90. The minimum atomic E-state index is -1.60. The number of primary amides is 2. The largest absolute Gasteiger partial charge is 0.508 e. The third-order valence-corrected chi connectivity index (χ3v) is 13.9. The summed E-state index contributed by atoms with van der Waals surface area (Å²) in [5, 5.41) is 39.6. The van der Waals surface area contributed by atoms with Gasteiger partial charge in [-0.1, -0.05) is 74.5 Å². The molecule has 25 heteroatoms. The molecule has 0 saturated carbocycles. The van der Waals surface area contributed by atoms with Gasteiger partial charge >= 0.3 is 6.03 Å². The van der Waals surface area contributed by atoms with E-state index in [1.165, 1.54) is 33.0 Å². The van der Waals surface area contributed by atoms with Crippen LogP contribution in [0.3, 0.4) is 0 Å². The van der Waals surface area contributed by atoms with Gasteiger partial charge in [-0.05, 0) is 79.8 Å². The molecule has 8 amide bonds. The lowest BCUT2D eigenvalue weighted by Gasteiger charge is -2.26. The number of aliphatic imine (C=N–C) groups is 1. The smallest absolute Gasteiger partial charge is 0.315 e. The van der Waals surface area contributed by atoms with Crippen LogP contribution >= 0.6 is 0 Å². The number of aromatic hydroxyl groups is 1. The number of H-pyrrole nitrogens is 1. The van der Waals surface area contributed by atoms with Crippen LogP contribution in [0.1, 0.15) is 95.8 Å². The Bertz CT molecular complexity index is 2960. The Morgan fingerprint density at radius 3 is 1.86 bits per heavy atom. The summed E-state index contributed by atoms with van der Waals surface area (Å²) >= 11 is 0. The van der Waals surface area contributed by atoms with E-state index < -0.39 is 145 Å². The number of fused-ring (bicyclic) bond motifs is 1. The number of carbonyl (C=O) groups is 11. The zero-order valence-corrected chi connectivity index (χ0v) is 48.0. The summed E-state index contributed by atoms with van der Waals surface area (Å²) < 4.78 is 0. The van der Waals surface area contributed by atoms with Crippen molar-refractivity contribution in [3.8, 4) is 5.75 Å². The fourth-order valence-electron chi connectivity index (χ4n) is 9.33. The third-order valence-electron chi connectivity index (χ3n) is 13.9. The fraction of sp³-hybridized carbons (Fsp3) is 0.458. The molecule has 0 saturated heterocycles. The van der Waals surface area contributed by atoms with Crippen LogP contribution in [0, 0.1) is 17.8 Å². The summed E-state index contributed by atoms with van der Waals surface area (Å²) in [5.74, 6) is -9.93. The van der Waals surface area contributed by atoms with Crippen molar-refractivity contribution in [1.82, 2.24) is 42.2 Å². The number of amides is 8. The number of nitrogens with zero attached hydrogens (tertiary/aromatic N) is 1. The highest BCUT2D eigenvalue weighted by Gasteiger charge is 2.35. The summed E-state index contributed by atoms with van der Waals surface area (Å²) in [4.78, 5) is 154. The summed E-state index contributed by atoms with van der Waals surface area (Å²) in [5.41, 5.74) is 19.8. The predicted molar refractivity (Wildman–Crippen MR) is 312 cm³/mol. The van der Waals surface area contributed by atoms with Gasteiger partial charge in [0.05, 0.1) is 49.2 Å². The topological polar surface area (TPSA) is 419 Å². The summed E-state index contributed by atoms with van der Waals surface area (Å²) in [6, 6.07) is 14.6. The Hall–Kier alpha value is -9.00. The van der Waals surface area contributed by atoms with Gasteiger partial charge in [0.2, 0.25) is 35.4 Å². The average molecular weight is 1170 g/mol. The molecule has 0 unspecified atom stereocenters. The van der Waals surface area contributed by atoms with Crippen molar-refractivity contribution in [3.63, 3.8) is 0 Å². The first-order valence-electron chi connectivity index (χ1n) is 27.7. The van der Waals surface area contributed by atoms with Gasteiger partial charge in [0.1, 0.15) is 11.8 Å². The van der Waals surface area contributed by atoms with Crippen LogP contribution in [0.4, 0.5) is 4.79 Å². The van der Waals surface area contributed by atoms with Crippen molar-refractivity contribution in [2.45, 2.75) is 135 Å². The minimum absolute atomic E-state index is 0.00549. The molecule has 0 bridgehead atoms. The molecule has 3 aromatic carbocycles. The molecule has 0 aliphatic heterocycles. The molecule has 84 heavy (non-hydrogen) atoms. The number of hydrogen-bond donors (Lipinski definition) is 13. The number of phenolic OH excluding ortho intramolecular Hbond substituents is 1. The normalized spacial score (nSPS) is 14.2. The number of ketones is 4. The lowest BCUT2D eigenvalue weighted by Crippen LogP contribution is -2.53. The zero-order chi connectivity index (χ0) is 62.0. The number of aliphatic hydroxyl groups excluding tert-OH is 1. The van der Waals surface area contributed by atoms with Crippen molar-refractivity contribution in [1.29, 1.82) is 0 Å². The molecule has 1 heterocycles. The van der Waals surface area contributed by atoms with Gasteiger partial charge < -0.3 is 69.6 Å². The molecule has 4 aromatic rings. The first kappa shape index (κ1) is 67.5. The maximum atomic E-state index is 14.2. The van der Waals surface area contributed by atoms with E-state index in [2.05, 4.69) is 47.2 Å². The van der Waals surface area contributed by atoms with Crippen LogP contribution in [0.15, 0.2) is 90.1 Å². The number of para-hydroxylation sites is 1. The van der Waals surface area contributed by atoms with E-state index in [4.69, 9.17) is 17.2 Å². The number of guanidine groups is 1. The van der Waals surface area contributed by atoms with Crippen molar-refractivity contribution >= 4 is 81.5 Å². The molecule has 0 spiro atoms. The number of aliphatic hydroxyl groups is 1. The number of urea groups is 1. The number of nitrogens with one attached hydrogen (secondary N) is 8. The van der Waals surface area contributed by atoms with Crippen LogP contribution in [0.25, 0.3) is 10.9 Å². The van der Waals surface area contributed by atoms with Gasteiger partial charge in [0, 0.05) is 75.6 Å². The van der Waals surface area contributed by atoms with E-state index >= 15 is 0 Å². The van der Waals surface area contributed by atoms with E-state index in [1.807, 2.05) is 38.1 Å². The van der Waals surface area contributed by atoms with Crippen LogP contribution in [0.5, 0.6) is 5.75 Å². The van der Waals surface area contributed by atoms with E-state index in [0.717, 1.165) is 16.5 Å². The van der Waals surface area contributed by atoms with E-state index in [-0.39, 0.29) is 56.2 Å². The monoisotopic (exact) mass is 1160 g/mol. The quantitative estimate of drug-likeness (QED) is 0.0169. The number of aromatic amines is 1. The van der Waals surface area contributed by atoms with Crippen LogP contribution in [0.2, 0.25) is 0 Å². The Labute approximate surface area is 487 Å². The van der Waals surface area contributed by atoms with Gasteiger partial charge in [-0.25, -0.2) is 4.79 Å². The van der Waals surface area contributed by atoms with Gasteiger partial charge in [-0.3, -0.25) is 52.9 Å². The van der Waals surface area contributed by atoms with E-state index in [1.54, 1.807) is 48.7 Å². The fourth-order valence-corrected chi connectivity index (χ4v) is 9.33. The number of carbonyl (C=O) groups excluding carboxylic acids is 11. The van der Waals surface area contributed by atoms with Crippen LogP contribution in [-0.4, -0.2) is 142 Å². The number of Topliss-reactive ketones (excluding diaryl/α,β-unsaturated/α-hetero) is 4. The summed E-state index contributed by atoms with van der Waals surface area (Å²) in [6.07, 6.45) is -1.89. The van der Waals surface area contributed by atoms with E-state index in [0.29, 0.717) is 24.1 Å². The molecular weight excluding hydrogens is 1080 g/mol. The highest BCUT2D eigenvalue weighted by atomic mass is 16.3. The van der Waals surface area contributed by atoms with E-state index in [9.17, 15) is 63.0 Å². The van der Waals surface area contributed by atoms with Crippen LogP contribution in [-0.2, 0) is 67.2 Å². The molecule has 4 rings (SSSR count). The molecule has 0 radical (unpaired) electrons. The van der Waals surface area contributed by atoms with Gasteiger partial charge in [-0.15, -0.1) is 0 Å². The number of benzene rings is 3. The maximum absolute atomic E-state index is 14.2. The number of aromatic nitrogens is 1. The molecule has 8 atom stereocenters. The molecule has 25 nitrogen and oxygen atoms in total. The standard InChI is InChI=1S/C59H80N12O13/c1-33(2)24-44(50(76)28-38(14-11-23-64-58(62)63-5)56(82)70-48(55(61)81)27-39-31-65-43-16-10-9-15-41(39)43)71-59(84)66-32-52(78)46(25-36-12-7-6-8-13-36)69-57(83)42(34(3)72)29-51(77)47(30-53(60)79)68-54(80)22-21-49(75)45(67-35(4)73)26-37-17-19-40(74)20-18-37/h6-10,12-13,15-20,31,33-34,38,42,44-48,65,72,74H,11,14,21-30,32H2,1-5H3,(H2,60,79)(H2,61,81)(H,67,73)(H,68,80)(H,69,83)(H,70,82)(H3,62,63,64)(H2,66,71,84)/t34-,38+,42+,44+,45-,46+,47+,48+/m1/s1. The third kappa shape index (κ3) is 23.1. The Kier molecular flexibility index (Phi) is 27.2. The number of hydrogen-bond acceptors (Lipinski definition) is 14. The molecule has 0 aliphatic rings. The summed E-state index contributed by atoms with van der Waals surface area (Å²) in [7, 11) is 1.50. The highest BCUT2D eigenvalue weighted by molar-refractivity contribution is 5.99. The van der Waals surface area contributed by atoms with Gasteiger partial charge in [0.15, 0.2) is 29.1 Å². The minimum Gasteiger partial charge on any atom is -0.508 e. The predicted octanol–water partition coefficient (Wildman–Crippen LogP) is 0.699. The highest BCUT2D eigenvalue weighted by Crippen LogP contribution is 2.22. The van der Waals surface area contributed by atoms with Crippen molar-refractivity contribution in [2.24, 2.45) is 39.9 Å². The Morgan fingerprint density at radius 1 is 0.619 bits per heavy atom. The summed E-state index contributed by atoms with van der Waals surface area (Å²) in [6.45, 7) is 5.69.